The third-order valence-electron chi connectivity index (χ3n) is 3.47. The number of nitrogens with one attached hydrogen (secondary N) is 1. The van der Waals surface area contributed by atoms with Crippen LogP contribution in [-0.4, -0.2) is 16.1 Å². The second kappa shape index (κ2) is 7.59. The Hall–Kier alpha value is -2.84. The van der Waals surface area contributed by atoms with Gasteiger partial charge in [0.1, 0.15) is 12.4 Å². The maximum absolute atomic E-state index is 11.7. The number of hydrogen-bond acceptors (Lipinski definition) is 6. The first-order valence-electron chi connectivity index (χ1n) is 7.33. The third kappa shape index (κ3) is 4.04. The van der Waals surface area contributed by atoms with Crippen molar-refractivity contribution >= 4 is 46.3 Å². The van der Waals surface area contributed by atoms with Gasteiger partial charge in [-0.2, -0.15) is 0 Å². The van der Waals surface area contributed by atoms with Crippen LogP contribution in [0, 0.1) is 10.1 Å². The molecule has 9 heteroatoms. The van der Waals surface area contributed by atoms with Gasteiger partial charge in [-0.25, -0.2) is 0 Å². The molecule has 0 aliphatic carbocycles. The molecule has 0 saturated carbocycles. The van der Waals surface area contributed by atoms with E-state index in [0.717, 1.165) is 17.3 Å². The summed E-state index contributed by atoms with van der Waals surface area (Å²) in [4.78, 5) is 33.6. The zero-order chi connectivity index (χ0) is 18.7. The van der Waals surface area contributed by atoms with E-state index < -0.39 is 16.1 Å². The molecule has 0 bridgehead atoms. The first-order valence-corrected chi connectivity index (χ1v) is 8.53. The number of rotatable bonds is 5. The van der Waals surface area contributed by atoms with Crippen molar-refractivity contribution in [3.63, 3.8) is 0 Å². The fourth-order valence-electron chi connectivity index (χ4n) is 2.23. The van der Waals surface area contributed by atoms with Crippen molar-refractivity contribution in [1.82, 2.24) is 5.32 Å². The minimum Gasteiger partial charge on any atom is -0.488 e. The standard InChI is InChI=1S/C17H11ClN2O5S/c18-13-4-2-1-3-10(13)9-25-14-6-5-12(20(23)24)7-11(14)8-15-16(21)19-17(22)26-15/h1-8H,9H2,(H,19,21,22). The Balaban J connectivity index is 1.93. The topological polar surface area (TPSA) is 98.5 Å². The maximum atomic E-state index is 11.7. The molecular formula is C17H11ClN2O5S. The Kier molecular flexibility index (Phi) is 5.24. The first kappa shape index (κ1) is 18.0. The highest BCUT2D eigenvalue weighted by Gasteiger charge is 2.26. The molecule has 1 heterocycles. The van der Waals surface area contributed by atoms with Gasteiger partial charge in [0.15, 0.2) is 0 Å². The van der Waals surface area contributed by atoms with E-state index in [1.54, 1.807) is 18.2 Å². The fraction of sp³-hybridized carbons (Fsp3) is 0.0588. The SMILES string of the molecule is O=C1NC(=O)C(=Cc2cc([N+](=O)[O-])ccc2OCc2ccccc2Cl)S1. The first-order chi connectivity index (χ1) is 12.4. The summed E-state index contributed by atoms with van der Waals surface area (Å²) in [6, 6.07) is 11.2. The molecule has 0 aromatic heterocycles. The number of carbonyl (C=O) groups is 2. The number of hydrogen-bond donors (Lipinski definition) is 1. The number of thioether (sulfide) groups is 1. The summed E-state index contributed by atoms with van der Waals surface area (Å²) in [5.41, 5.74) is 0.907. The molecule has 0 atom stereocenters. The van der Waals surface area contributed by atoms with E-state index in [0.29, 0.717) is 16.3 Å². The van der Waals surface area contributed by atoms with Gasteiger partial charge in [-0.3, -0.25) is 25.0 Å². The second-order valence-electron chi connectivity index (χ2n) is 5.21. The molecule has 26 heavy (non-hydrogen) atoms. The monoisotopic (exact) mass is 390 g/mol. The molecule has 0 radical (unpaired) electrons. The molecule has 7 nitrogen and oxygen atoms in total. The average molecular weight is 391 g/mol. The lowest BCUT2D eigenvalue weighted by molar-refractivity contribution is -0.384. The predicted molar refractivity (Wildman–Crippen MR) is 98.0 cm³/mol. The summed E-state index contributed by atoms with van der Waals surface area (Å²) in [5, 5.41) is 13.2. The molecule has 1 N–H and O–H groups in total. The van der Waals surface area contributed by atoms with Gasteiger partial charge in [0.25, 0.3) is 16.8 Å². The van der Waals surface area contributed by atoms with Gasteiger partial charge in [-0.05, 0) is 30.0 Å². The number of carbonyl (C=O) groups excluding carboxylic acids is 2. The van der Waals surface area contributed by atoms with Gasteiger partial charge < -0.3 is 4.74 Å². The van der Waals surface area contributed by atoms with E-state index in [9.17, 15) is 19.7 Å². The van der Waals surface area contributed by atoms with Crippen LogP contribution in [0.2, 0.25) is 5.02 Å². The number of halogens is 1. The molecule has 0 spiro atoms. The van der Waals surface area contributed by atoms with Crippen LogP contribution in [0.4, 0.5) is 10.5 Å². The van der Waals surface area contributed by atoms with Crippen LogP contribution in [0.1, 0.15) is 11.1 Å². The van der Waals surface area contributed by atoms with E-state index in [2.05, 4.69) is 5.32 Å². The molecule has 2 amide bonds. The van der Waals surface area contributed by atoms with E-state index in [1.165, 1.54) is 24.3 Å². The number of nitrogens with zero attached hydrogens (tertiary/aromatic N) is 1. The van der Waals surface area contributed by atoms with Crippen LogP contribution in [-0.2, 0) is 11.4 Å². The molecule has 1 aliphatic heterocycles. The summed E-state index contributed by atoms with van der Waals surface area (Å²) in [7, 11) is 0. The molecule has 0 unspecified atom stereocenters. The van der Waals surface area contributed by atoms with Crippen molar-refractivity contribution in [1.29, 1.82) is 0 Å². The van der Waals surface area contributed by atoms with Crippen molar-refractivity contribution < 1.29 is 19.2 Å². The van der Waals surface area contributed by atoms with Crippen molar-refractivity contribution in [2.75, 3.05) is 0 Å². The lowest BCUT2D eigenvalue weighted by atomic mass is 10.1. The average Bonchev–Trinajstić information content (AvgIpc) is 2.92. The molecule has 3 rings (SSSR count). The van der Waals surface area contributed by atoms with Crippen LogP contribution in [0.3, 0.4) is 0 Å². The smallest absolute Gasteiger partial charge is 0.290 e. The second-order valence-corrected chi connectivity index (χ2v) is 6.63. The molecular weight excluding hydrogens is 380 g/mol. The zero-order valence-electron chi connectivity index (χ0n) is 13.1. The van der Waals surface area contributed by atoms with Gasteiger partial charge in [0.05, 0.1) is 9.83 Å². The number of benzene rings is 2. The summed E-state index contributed by atoms with van der Waals surface area (Å²) < 4.78 is 5.73. The van der Waals surface area contributed by atoms with E-state index in [1.807, 2.05) is 6.07 Å². The Labute approximate surface area is 157 Å². The zero-order valence-corrected chi connectivity index (χ0v) is 14.7. The number of ether oxygens (including phenoxy) is 1. The van der Waals surface area contributed by atoms with Crippen LogP contribution in [0.5, 0.6) is 5.75 Å². The van der Waals surface area contributed by atoms with Crippen LogP contribution < -0.4 is 10.1 Å². The van der Waals surface area contributed by atoms with E-state index >= 15 is 0 Å². The number of non-ortho nitro benzene ring substituents is 1. The Morgan fingerprint density at radius 3 is 2.65 bits per heavy atom. The quantitative estimate of drug-likeness (QED) is 0.467. The minimum atomic E-state index is -0.552. The van der Waals surface area contributed by atoms with E-state index in [-0.39, 0.29) is 17.2 Å². The molecule has 2 aromatic carbocycles. The Morgan fingerprint density at radius 2 is 2.00 bits per heavy atom. The van der Waals surface area contributed by atoms with Crippen molar-refractivity contribution in [2.45, 2.75) is 6.61 Å². The Morgan fingerprint density at radius 1 is 1.23 bits per heavy atom. The normalized spacial score (nSPS) is 15.2. The minimum absolute atomic E-state index is 0.137. The van der Waals surface area contributed by atoms with Gasteiger partial charge >= 0.3 is 0 Å². The largest absolute Gasteiger partial charge is 0.488 e. The van der Waals surface area contributed by atoms with Crippen molar-refractivity contribution in [3.05, 3.63) is 73.6 Å². The maximum Gasteiger partial charge on any atom is 0.290 e. The number of imide groups is 1. The van der Waals surface area contributed by atoms with Gasteiger partial charge in [-0.1, -0.05) is 29.8 Å². The summed E-state index contributed by atoms with van der Waals surface area (Å²) >= 11 is 6.82. The molecule has 2 aromatic rings. The number of amides is 2. The van der Waals surface area contributed by atoms with Crippen molar-refractivity contribution in [2.24, 2.45) is 0 Å². The molecule has 132 valence electrons. The van der Waals surface area contributed by atoms with Crippen LogP contribution in [0.25, 0.3) is 6.08 Å². The lowest BCUT2D eigenvalue weighted by Crippen LogP contribution is -2.17. The number of nitro benzene ring substituents is 1. The molecule has 1 fully saturated rings. The van der Waals surface area contributed by atoms with Gasteiger partial charge in [0.2, 0.25) is 0 Å². The molecule has 1 aliphatic rings. The highest BCUT2D eigenvalue weighted by atomic mass is 35.5. The third-order valence-corrected chi connectivity index (χ3v) is 4.65. The Bertz CT molecular complexity index is 945. The highest BCUT2D eigenvalue weighted by molar-refractivity contribution is 8.18. The van der Waals surface area contributed by atoms with Gasteiger partial charge in [0, 0.05) is 28.3 Å². The van der Waals surface area contributed by atoms with E-state index in [4.69, 9.17) is 16.3 Å². The van der Waals surface area contributed by atoms with Crippen LogP contribution >= 0.6 is 23.4 Å². The lowest BCUT2D eigenvalue weighted by Gasteiger charge is -2.10. The van der Waals surface area contributed by atoms with Gasteiger partial charge in [-0.15, -0.1) is 0 Å². The fourth-order valence-corrected chi connectivity index (χ4v) is 3.09. The summed E-state index contributed by atoms with van der Waals surface area (Å²) in [5.74, 6) is -0.223. The summed E-state index contributed by atoms with van der Waals surface area (Å²) in [6.07, 6.45) is 1.39. The highest BCUT2D eigenvalue weighted by Crippen LogP contribution is 2.32. The van der Waals surface area contributed by atoms with Crippen LogP contribution in [0.15, 0.2) is 47.4 Å². The molecule has 1 saturated heterocycles. The predicted octanol–water partition coefficient (Wildman–Crippen LogP) is 4.15. The summed E-state index contributed by atoms with van der Waals surface area (Å²) in [6.45, 7) is 0.145. The van der Waals surface area contributed by atoms with Crippen molar-refractivity contribution in [3.8, 4) is 5.75 Å². The number of nitro groups is 1.